The van der Waals surface area contributed by atoms with Gasteiger partial charge in [-0.05, 0) is 37.5 Å². The molecule has 0 saturated heterocycles. The van der Waals surface area contributed by atoms with Crippen molar-refractivity contribution in [2.45, 2.75) is 52.4 Å². The van der Waals surface area contributed by atoms with E-state index in [0.29, 0.717) is 5.92 Å². The van der Waals surface area contributed by atoms with Crippen molar-refractivity contribution in [2.75, 3.05) is 0 Å². The molecule has 0 radical (unpaired) electrons. The highest BCUT2D eigenvalue weighted by Crippen LogP contribution is 2.37. The number of hydrogen-bond acceptors (Lipinski definition) is 4. The molecule has 1 aliphatic rings. The Bertz CT molecular complexity index is 390. The lowest BCUT2D eigenvalue weighted by atomic mass is 9.77. The molecule has 1 saturated carbocycles. The third kappa shape index (κ3) is 2.73. The van der Waals surface area contributed by atoms with E-state index in [9.17, 15) is 4.79 Å². The molecule has 94 valence electrons. The molecule has 0 atom stereocenters. The number of nitrogens with zero attached hydrogens (tertiary/aromatic N) is 2. The number of Topliss-reactive ketones (excluding diaryl/α,β-unsaturated/α-hetero) is 1. The van der Waals surface area contributed by atoms with Crippen LogP contribution >= 0.6 is 0 Å². The standard InChI is InChI=1S/C13H20N2O2/c1-8(2)10-4-6-11(7-5-10)12-14-13(9(3)16)17-15-12/h8,10-11H,4-7H2,1-3H3. The number of carbonyl (C=O) groups excluding carboxylic acids is 1. The van der Waals surface area contributed by atoms with Crippen LogP contribution in [-0.4, -0.2) is 15.9 Å². The molecule has 1 fully saturated rings. The summed E-state index contributed by atoms with van der Waals surface area (Å²) in [5, 5.41) is 3.92. The normalized spacial score (nSPS) is 25.2. The van der Waals surface area contributed by atoms with Gasteiger partial charge in [0.05, 0.1) is 0 Å². The van der Waals surface area contributed by atoms with E-state index in [-0.39, 0.29) is 11.7 Å². The van der Waals surface area contributed by atoms with Gasteiger partial charge in [-0.2, -0.15) is 4.98 Å². The van der Waals surface area contributed by atoms with Crippen molar-refractivity contribution in [1.29, 1.82) is 0 Å². The molecule has 1 heterocycles. The summed E-state index contributed by atoms with van der Waals surface area (Å²) in [4.78, 5) is 15.3. The van der Waals surface area contributed by atoms with E-state index in [1.165, 1.54) is 19.8 Å². The molecule has 0 spiro atoms. The largest absolute Gasteiger partial charge is 0.331 e. The second kappa shape index (κ2) is 4.98. The summed E-state index contributed by atoms with van der Waals surface area (Å²) in [6.45, 7) is 6.02. The summed E-state index contributed by atoms with van der Waals surface area (Å²) in [5.41, 5.74) is 0. The summed E-state index contributed by atoms with van der Waals surface area (Å²) < 4.78 is 4.94. The summed E-state index contributed by atoms with van der Waals surface area (Å²) in [7, 11) is 0. The van der Waals surface area contributed by atoms with Gasteiger partial charge in [0.2, 0.25) is 5.78 Å². The lowest BCUT2D eigenvalue weighted by Gasteiger charge is -2.29. The molecule has 17 heavy (non-hydrogen) atoms. The van der Waals surface area contributed by atoms with Gasteiger partial charge in [0.25, 0.3) is 5.89 Å². The van der Waals surface area contributed by atoms with E-state index in [0.717, 1.165) is 30.5 Å². The maximum absolute atomic E-state index is 11.1. The third-order valence-electron chi connectivity index (χ3n) is 3.82. The van der Waals surface area contributed by atoms with Crippen LogP contribution in [0.5, 0.6) is 0 Å². The second-order valence-corrected chi connectivity index (χ2v) is 5.37. The minimum Gasteiger partial charge on any atom is -0.331 e. The number of hydrogen-bond donors (Lipinski definition) is 0. The molecule has 0 unspecified atom stereocenters. The first-order valence-corrected chi connectivity index (χ1v) is 6.42. The van der Waals surface area contributed by atoms with E-state index in [4.69, 9.17) is 4.52 Å². The molecule has 0 amide bonds. The maximum Gasteiger partial charge on any atom is 0.293 e. The monoisotopic (exact) mass is 236 g/mol. The molecular weight excluding hydrogens is 216 g/mol. The average Bonchev–Trinajstić information content (AvgIpc) is 2.78. The fraction of sp³-hybridized carbons (Fsp3) is 0.769. The van der Waals surface area contributed by atoms with Crippen molar-refractivity contribution >= 4 is 5.78 Å². The van der Waals surface area contributed by atoms with E-state index >= 15 is 0 Å². The quantitative estimate of drug-likeness (QED) is 0.756. The Balaban J connectivity index is 1.98. The molecule has 0 aliphatic heterocycles. The molecule has 2 rings (SSSR count). The van der Waals surface area contributed by atoms with Crippen LogP contribution in [0.4, 0.5) is 0 Å². The van der Waals surface area contributed by atoms with Gasteiger partial charge in [-0.3, -0.25) is 4.79 Å². The Kier molecular flexibility index (Phi) is 3.60. The molecule has 0 bridgehead atoms. The van der Waals surface area contributed by atoms with Gasteiger partial charge in [0, 0.05) is 12.8 Å². The molecule has 0 aromatic carbocycles. The van der Waals surface area contributed by atoms with Gasteiger partial charge in [0.15, 0.2) is 5.82 Å². The van der Waals surface area contributed by atoms with Crippen LogP contribution in [0.3, 0.4) is 0 Å². The fourth-order valence-electron chi connectivity index (χ4n) is 2.59. The zero-order chi connectivity index (χ0) is 12.4. The summed E-state index contributed by atoms with van der Waals surface area (Å²) >= 11 is 0. The predicted molar refractivity (Wildman–Crippen MR) is 63.8 cm³/mol. The topological polar surface area (TPSA) is 56.0 Å². The van der Waals surface area contributed by atoms with E-state index in [1.54, 1.807) is 0 Å². The van der Waals surface area contributed by atoms with Crippen molar-refractivity contribution in [1.82, 2.24) is 10.1 Å². The van der Waals surface area contributed by atoms with E-state index < -0.39 is 0 Å². The highest BCUT2D eigenvalue weighted by Gasteiger charge is 2.27. The first kappa shape index (κ1) is 12.3. The number of carbonyl (C=O) groups is 1. The van der Waals surface area contributed by atoms with Crippen LogP contribution in [0.15, 0.2) is 4.52 Å². The van der Waals surface area contributed by atoms with Gasteiger partial charge in [-0.25, -0.2) is 0 Å². The van der Waals surface area contributed by atoms with Crippen LogP contribution in [0.25, 0.3) is 0 Å². The fourth-order valence-corrected chi connectivity index (χ4v) is 2.59. The Morgan fingerprint density at radius 1 is 1.29 bits per heavy atom. The average molecular weight is 236 g/mol. The van der Waals surface area contributed by atoms with E-state index in [1.807, 2.05) is 0 Å². The molecule has 1 aromatic heterocycles. The van der Waals surface area contributed by atoms with Crippen molar-refractivity contribution in [3.05, 3.63) is 11.7 Å². The zero-order valence-electron chi connectivity index (χ0n) is 10.8. The second-order valence-electron chi connectivity index (χ2n) is 5.37. The van der Waals surface area contributed by atoms with Crippen molar-refractivity contribution in [3.8, 4) is 0 Å². The minimum atomic E-state index is -0.153. The molecular formula is C13H20N2O2. The highest BCUT2D eigenvalue weighted by molar-refractivity contribution is 5.89. The predicted octanol–water partition coefficient (Wildman–Crippen LogP) is 3.20. The minimum absolute atomic E-state index is 0.144. The van der Waals surface area contributed by atoms with Gasteiger partial charge in [-0.1, -0.05) is 19.0 Å². The first-order valence-electron chi connectivity index (χ1n) is 6.42. The maximum atomic E-state index is 11.1. The Hall–Kier alpha value is -1.19. The van der Waals surface area contributed by atoms with Gasteiger partial charge < -0.3 is 4.52 Å². The summed E-state index contributed by atoms with van der Waals surface area (Å²) in [6, 6.07) is 0. The Morgan fingerprint density at radius 3 is 2.41 bits per heavy atom. The lowest BCUT2D eigenvalue weighted by Crippen LogP contribution is -2.18. The van der Waals surface area contributed by atoms with Crippen LogP contribution in [-0.2, 0) is 0 Å². The summed E-state index contributed by atoms with van der Waals surface area (Å²) in [6.07, 6.45) is 4.68. The lowest BCUT2D eigenvalue weighted by molar-refractivity contribution is 0.0972. The third-order valence-corrected chi connectivity index (χ3v) is 3.82. The van der Waals surface area contributed by atoms with E-state index in [2.05, 4.69) is 24.0 Å². The number of aromatic nitrogens is 2. The Labute approximate surface area is 102 Å². The molecule has 1 aliphatic carbocycles. The van der Waals surface area contributed by atoms with Crippen LogP contribution in [0.2, 0.25) is 0 Å². The first-order chi connectivity index (χ1) is 8.08. The van der Waals surface area contributed by atoms with Crippen molar-refractivity contribution < 1.29 is 9.32 Å². The highest BCUT2D eigenvalue weighted by atomic mass is 16.5. The van der Waals surface area contributed by atoms with Crippen molar-refractivity contribution in [3.63, 3.8) is 0 Å². The zero-order valence-corrected chi connectivity index (χ0v) is 10.8. The van der Waals surface area contributed by atoms with Crippen LogP contribution in [0.1, 0.15) is 68.9 Å². The SMILES string of the molecule is CC(=O)c1nc(C2CCC(C(C)C)CC2)no1. The Morgan fingerprint density at radius 2 is 1.94 bits per heavy atom. The molecule has 0 N–H and O–H groups in total. The molecule has 4 nitrogen and oxygen atoms in total. The van der Waals surface area contributed by atoms with Gasteiger partial charge in [0.1, 0.15) is 0 Å². The number of ketones is 1. The molecule has 1 aromatic rings. The van der Waals surface area contributed by atoms with Crippen LogP contribution in [0, 0.1) is 11.8 Å². The molecule has 4 heteroatoms. The van der Waals surface area contributed by atoms with Gasteiger partial charge in [-0.15, -0.1) is 0 Å². The smallest absolute Gasteiger partial charge is 0.293 e. The van der Waals surface area contributed by atoms with Crippen LogP contribution < -0.4 is 0 Å². The number of rotatable bonds is 3. The van der Waals surface area contributed by atoms with Crippen molar-refractivity contribution in [2.24, 2.45) is 11.8 Å². The van der Waals surface area contributed by atoms with Gasteiger partial charge >= 0.3 is 0 Å². The summed E-state index contributed by atoms with van der Waals surface area (Å²) in [5.74, 6) is 2.67.